The summed E-state index contributed by atoms with van der Waals surface area (Å²) in [6.07, 6.45) is 0.199. The van der Waals surface area contributed by atoms with Gasteiger partial charge in [0.05, 0.1) is 0 Å². The Morgan fingerprint density at radius 1 is 1.12 bits per heavy atom. The van der Waals surface area contributed by atoms with Crippen molar-refractivity contribution in [1.82, 2.24) is 10.5 Å². The van der Waals surface area contributed by atoms with Crippen molar-refractivity contribution in [2.75, 3.05) is 0 Å². The van der Waals surface area contributed by atoms with E-state index in [2.05, 4.69) is 10.5 Å². The van der Waals surface area contributed by atoms with Crippen LogP contribution in [0.3, 0.4) is 0 Å². The molecule has 0 saturated carbocycles. The molecule has 1 unspecified atom stereocenters. The Hall–Kier alpha value is -2.92. The summed E-state index contributed by atoms with van der Waals surface area (Å²) in [6.45, 7) is 1.77. The van der Waals surface area contributed by atoms with Gasteiger partial charge in [-0.3, -0.25) is 9.59 Å². The molecule has 132 valence electrons. The summed E-state index contributed by atoms with van der Waals surface area (Å²) < 4.78 is 5.12. The molecule has 3 rings (SSSR count). The molecule has 2 aromatic carbocycles. The summed E-state index contributed by atoms with van der Waals surface area (Å²) in [5.74, 6) is -0.367. The van der Waals surface area contributed by atoms with Gasteiger partial charge < -0.3 is 9.84 Å². The molecule has 0 aliphatic rings. The van der Waals surface area contributed by atoms with Gasteiger partial charge >= 0.3 is 0 Å². The lowest BCUT2D eigenvalue weighted by atomic mass is 10.0. The Kier molecular flexibility index (Phi) is 5.49. The van der Waals surface area contributed by atoms with Crippen LogP contribution < -0.4 is 5.32 Å². The van der Waals surface area contributed by atoms with E-state index in [1.165, 1.54) is 0 Å². The predicted molar refractivity (Wildman–Crippen MR) is 99.3 cm³/mol. The van der Waals surface area contributed by atoms with E-state index in [0.717, 1.165) is 5.56 Å². The largest absolute Gasteiger partial charge is 0.350 e. The molecule has 26 heavy (non-hydrogen) atoms. The molecule has 0 radical (unpaired) electrons. The molecular formula is C20H17ClN2O3. The van der Waals surface area contributed by atoms with E-state index in [0.29, 0.717) is 16.3 Å². The highest BCUT2D eigenvalue weighted by molar-refractivity contribution is 6.30. The van der Waals surface area contributed by atoms with Crippen molar-refractivity contribution >= 4 is 23.3 Å². The molecule has 1 heterocycles. The Bertz CT molecular complexity index is 922. The number of carbonyl (C=O) groups excluding carboxylic acids is 2. The van der Waals surface area contributed by atoms with E-state index in [1.807, 2.05) is 24.3 Å². The first-order chi connectivity index (χ1) is 12.5. The van der Waals surface area contributed by atoms with Crippen LogP contribution in [0.25, 0.3) is 11.3 Å². The van der Waals surface area contributed by atoms with Crippen molar-refractivity contribution in [2.45, 2.75) is 19.4 Å². The van der Waals surface area contributed by atoms with Crippen molar-refractivity contribution in [3.63, 3.8) is 0 Å². The van der Waals surface area contributed by atoms with Crippen LogP contribution in [0.2, 0.25) is 5.02 Å². The summed E-state index contributed by atoms with van der Waals surface area (Å²) in [5, 5.41) is 7.23. The van der Waals surface area contributed by atoms with Gasteiger partial charge in [-0.25, -0.2) is 0 Å². The van der Waals surface area contributed by atoms with Crippen molar-refractivity contribution in [2.24, 2.45) is 0 Å². The maximum absolute atomic E-state index is 12.3. The highest BCUT2D eigenvalue weighted by Crippen LogP contribution is 2.22. The van der Waals surface area contributed by atoms with E-state index in [-0.39, 0.29) is 24.0 Å². The minimum absolute atomic E-state index is 0.0319. The van der Waals surface area contributed by atoms with Crippen molar-refractivity contribution in [1.29, 1.82) is 0 Å². The average molecular weight is 369 g/mol. The molecule has 0 aliphatic heterocycles. The quantitative estimate of drug-likeness (QED) is 0.655. The highest BCUT2D eigenvalue weighted by Gasteiger charge is 2.18. The molecule has 0 fully saturated rings. The van der Waals surface area contributed by atoms with Gasteiger partial charge in [0.2, 0.25) is 5.76 Å². The van der Waals surface area contributed by atoms with Crippen LogP contribution in [0.4, 0.5) is 0 Å². The Balaban J connectivity index is 1.62. The Labute approximate surface area is 156 Å². The van der Waals surface area contributed by atoms with Crippen LogP contribution in [-0.4, -0.2) is 22.9 Å². The van der Waals surface area contributed by atoms with Crippen LogP contribution in [-0.2, 0) is 0 Å². The number of halogens is 1. The molecule has 0 aliphatic carbocycles. The standard InChI is InChI=1S/C20H17ClN2O3/c1-13(10-18(24)14-6-3-2-4-7-14)22-20(25)19-12-17(23-26-19)15-8-5-9-16(21)11-15/h2-9,11-13H,10H2,1H3,(H,22,25). The molecule has 1 aromatic heterocycles. The third kappa shape index (κ3) is 4.37. The lowest BCUT2D eigenvalue weighted by Crippen LogP contribution is -2.34. The van der Waals surface area contributed by atoms with Gasteiger partial charge in [-0.15, -0.1) is 0 Å². The van der Waals surface area contributed by atoms with E-state index in [9.17, 15) is 9.59 Å². The monoisotopic (exact) mass is 368 g/mol. The summed E-state index contributed by atoms with van der Waals surface area (Å²) in [4.78, 5) is 24.5. The van der Waals surface area contributed by atoms with Gasteiger partial charge in [-0.05, 0) is 19.1 Å². The maximum atomic E-state index is 12.3. The Morgan fingerprint density at radius 3 is 2.62 bits per heavy atom. The molecule has 1 N–H and O–H groups in total. The summed E-state index contributed by atoms with van der Waals surface area (Å²) >= 11 is 5.96. The first-order valence-corrected chi connectivity index (χ1v) is 8.52. The molecule has 5 nitrogen and oxygen atoms in total. The van der Waals surface area contributed by atoms with Crippen molar-refractivity contribution in [3.05, 3.63) is 77.0 Å². The number of Topliss-reactive ketones (excluding diaryl/α,β-unsaturated/α-hetero) is 1. The number of hydrogen-bond acceptors (Lipinski definition) is 4. The number of aromatic nitrogens is 1. The van der Waals surface area contributed by atoms with Crippen LogP contribution >= 0.6 is 11.6 Å². The number of amides is 1. The van der Waals surface area contributed by atoms with Gasteiger partial charge in [0, 0.05) is 34.7 Å². The van der Waals surface area contributed by atoms with E-state index < -0.39 is 5.91 Å². The fourth-order valence-electron chi connectivity index (χ4n) is 2.53. The van der Waals surface area contributed by atoms with Crippen molar-refractivity contribution < 1.29 is 14.1 Å². The zero-order valence-electron chi connectivity index (χ0n) is 14.1. The van der Waals surface area contributed by atoms with Crippen LogP contribution in [0, 0.1) is 0 Å². The molecule has 6 heteroatoms. The third-order valence-corrected chi connectivity index (χ3v) is 4.05. The summed E-state index contributed by atoms with van der Waals surface area (Å²) in [5.41, 5.74) is 1.90. The minimum Gasteiger partial charge on any atom is -0.350 e. The number of nitrogens with zero attached hydrogens (tertiary/aromatic N) is 1. The SMILES string of the molecule is CC(CC(=O)c1ccccc1)NC(=O)c1cc(-c2cccc(Cl)c2)no1. The third-order valence-electron chi connectivity index (χ3n) is 3.82. The normalized spacial score (nSPS) is 11.8. The Morgan fingerprint density at radius 2 is 1.88 bits per heavy atom. The van der Waals surface area contributed by atoms with Gasteiger partial charge in [0.1, 0.15) is 5.69 Å². The molecule has 3 aromatic rings. The highest BCUT2D eigenvalue weighted by atomic mass is 35.5. The first-order valence-electron chi connectivity index (χ1n) is 8.14. The number of benzene rings is 2. The molecule has 1 amide bonds. The first kappa shape index (κ1) is 17.9. The molecule has 0 spiro atoms. The number of nitrogens with one attached hydrogen (secondary N) is 1. The second-order valence-electron chi connectivity index (χ2n) is 5.95. The second kappa shape index (κ2) is 7.97. The van der Waals surface area contributed by atoms with Gasteiger partial charge in [0.25, 0.3) is 5.91 Å². The predicted octanol–water partition coefficient (Wildman–Crippen LogP) is 4.39. The molecule has 0 saturated heterocycles. The lowest BCUT2D eigenvalue weighted by molar-refractivity contribution is 0.0888. The smallest absolute Gasteiger partial charge is 0.290 e. The van der Waals surface area contributed by atoms with E-state index in [1.54, 1.807) is 43.3 Å². The average Bonchev–Trinajstić information content (AvgIpc) is 3.12. The molecule has 0 bridgehead atoms. The number of rotatable bonds is 6. The number of hydrogen-bond donors (Lipinski definition) is 1. The number of ketones is 1. The van der Waals surface area contributed by atoms with Crippen molar-refractivity contribution in [3.8, 4) is 11.3 Å². The zero-order valence-corrected chi connectivity index (χ0v) is 14.9. The fourth-order valence-corrected chi connectivity index (χ4v) is 2.72. The topological polar surface area (TPSA) is 72.2 Å². The second-order valence-corrected chi connectivity index (χ2v) is 6.39. The van der Waals surface area contributed by atoms with Crippen LogP contribution in [0.1, 0.15) is 34.3 Å². The maximum Gasteiger partial charge on any atom is 0.290 e. The summed E-state index contributed by atoms with van der Waals surface area (Å²) in [6, 6.07) is 17.3. The van der Waals surface area contributed by atoms with Crippen LogP contribution in [0.5, 0.6) is 0 Å². The molecule has 1 atom stereocenters. The molecular weight excluding hydrogens is 352 g/mol. The van der Waals surface area contributed by atoms with E-state index in [4.69, 9.17) is 16.1 Å². The van der Waals surface area contributed by atoms with Crippen LogP contribution in [0.15, 0.2) is 65.2 Å². The summed E-state index contributed by atoms with van der Waals surface area (Å²) in [7, 11) is 0. The van der Waals surface area contributed by atoms with Gasteiger partial charge in [0.15, 0.2) is 5.78 Å². The fraction of sp³-hybridized carbons (Fsp3) is 0.150. The van der Waals surface area contributed by atoms with E-state index >= 15 is 0 Å². The zero-order chi connectivity index (χ0) is 18.5. The van der Waals surface area contributed by atoms with Gasteiger partial charge in [-0.1, -0.05) is 59.2 Å². The minimum atomic E-state index is -0.417. The lowest BCUT2D eigenvalue weighted by Gasteiger charge is -2.11. The number of carbonyl (C=O) groups is 2. The van der Waals surface area contributed by atoms with Gasteiger partial charge in [-0.2, -0.15) is 0 Å².